The Morgan fingerprint density at radius 2 is 1.64 bits per heavy atom. The van der Waals surface area contributed by atoms with Crippen molar-refractivity contribution < 1.29 is 18.0 Å². The number of amidine groups is 1. The highest BCUT2D eigenvalue weighted by molar-refractivity contribution is 7.89. The molecule has 0 spiro atoms. The minimum Gasteiger partial charge on any atom is -0.384 e. The van der Waals surface area contributed by atoms with Crippen molar-refractivity contribution in [1.82, 2.24) is 20.3 Å². The zero-order valence-corrected chi connectivity index (χ0v) is 26.5. The molecule has 10 nitrogen and oxygen atoms in total. The number of amides is 3. The fourth-order valence-corrected chi connectivity index (χ4v) is 6.39. The van der Waals surface area contributed by atoms with Crippen molar-refractivity contribution in [3.05, 3.63) is 89.5 Å². The number of rotatable bonds is 9. The predicted molar refractivity (Wildman–Crippen MR) is 173 cm³/mol. The summed E-state index contributed by atoms with van der Waals surface area (Å²) < 4.78 is 30.1. The molecule has 1 heterocycles. The average molecular weight is 619 g/mol. The van der Waals surface area contributed by atoms with E-state index in [1.165, 1.54) is 6.07 Å². The van der Waals surface area contributed by atoms with E-state index in [-0.39, 0.29) is 40.7 Å². The first-order chi connectivity index (χ1) is 20.7. The van der Waals surface area contributed by atoms with E-state index in [1.807, 2.05) is 58.0 Å². The van der Waals surface area contributed by atoms with Crippen LogP contribution in [0.25, 0.3) is 11.1 Å². The number of hydrogen-bond acceptors (Lipinski definition) is 5. The molecule has 1 aliphatic heterocycles. The number of nitrogens with zero attached hydrogens (tertiary/aromatic N) is 1. The van der Waals surface area contributed by atoms with E-state index in [0.717, 1.165) is 16.7 Å². The summed E-state index contributed by atoms with van der Waals surface area (Å²) in [6.07, 6.45) is 1.16. The Kier molecular flexibility index (Phi) is 10.1. The number of urea groups is 1. The Bertz CT molecular complexity index is 1610. The zero-order chi connectivity index (χ0) is 32.1. The quantitative estimate of drug-likeness (QED) is 0.181. The van der Waals surface area contributed by atoms with Crippen LogP contribution in [0.4, 0.5) is 4.79 Å². The number of nitrogens with one attached hydrogen (secondary N) is 4. The number of piperidine rings is 1. The van der Waals surface area contributed by atoms with E-state index in [9.17, 15) is 18.0 Å². The van der Waals surface area contributed by atoms with E-state index in [4.69, 9.17) is 11.1 Å². The van der Waals surface area contributed by atoms with Crippen molar-refractivity contribution in [2.24, 2.45) is 5.73 Å². The Hall–Kier alpha value is -4.22. The number of carbonyl (C=O) groups is 2. The van der Waals surface area contributed by atoms with Crippen molar-refractivity contribution >= 4 is 27.8 Å². The van der Waals surface area contributed by atoms with Crippen molar-refractivity contribution in [2.45, 2.75) is 69.5 Å². The smallest absolute Gasteiger partial charge is 0.315 e. The number of nitrogens with two attached hydrogens (primary N) is 1. The highest BCUT2D eigenvalue weighted by Crippen LogP contribution is 2.24. The number of aryl methyl sites for hydroxylation is 1. The van der Waals surface area contributed by atoms with Gasteiger partial charge in [-0.3, -0.25) is 10.2 Å². The summed E-state index contributed by atoms with van der Waals surface area (Å²) >= 11 is 0. The van der Waals surface area contributed by atoms with Gasteiger partial charge in [0, 0.05) is 30.2 Å². The van der Waals surface area contributed by atoms with Gasteiger partial charge in [-0.25, -0.2) is 13.2 Å². The molecular formula is C33H42N6O4S. The second-order valence-corrected chi connectivity index (χ2v) is 14.0. The maximum Gasteiger partial charge on any atom is 0.315 e. The van der Waals surface area contributed by atoms with Gasteiger partial charge in [-0.15, -0.1) is 0 Å². The first-order valence-corrected chi connectivity index (χ1v) is 16.2. The third kappa shape index (κ3) is 8.90. The lowest BCUT2D eigenvalue weighted by Gasteiger charge is -2.35. The molecule has 3 amide bonds. The zero-order valence-electron chi connectivity index (χ0n) is 25.7. The molecule has 6 N–H and O–H groups in total. The summed E-state index contributed by atoms with van der Waals surface area (Å²) in [5.74, 6) is -0.470. The molecule has 1 atom stereocenters. The number of hydrogen-bond donors (Lipinski definition) is 5. The van der Waals surface area contributed by atoms with Crippen molar-refractivity contribution in [3.63, 3.8) is 0 Å². The molecule has 11 heteroatoms. The molecule has 0 radical (unpaired) electrons. The number of sulfonamides is 1. The van der Waals surface area contributed by atoms with Gasteiger partial charge < -0.3 is 21.3 Å². The number of benzene rings is 3. The Balaban J connectivity index is 1.54. The molecule has 0 aromatic heterocycles. The topological polar surface area (TPSA) is 157 Å². The van der Waals surface area contributed by atoms with Crippen LogP contribution in [0.5, 0.6) is 0 Å². The van der Waals surface area contributed by atoms with Crippen LogP contribution in [0.3, 0.4) is 0 Å². The molecule has 44 heavy (non-hydrogen) atoms. The summed E-state index contributed by atoms with van der Waals surface area (Å²) in [6, 6.07) is 19.9. The maximum atomic E-state index is 13.9. The first kappa shape index (κ1) is 32.7. The van der Waals surface area contributed by atoms with Crippen LogP contribution in [0, 0.1) is 12.3 Å². The first-order valence-electron chi connectivity index (χ1n) is 14.7. The lowest BCUT2D eigenvalue weighted by Crippen LogP contribution is -2.55. The lowest BCUT2D eigenvalue weighted by atomic mass is 10.0. The molecule has 3 aromatic carbocycles. The molecule has 1 fully saturated rings. The lowest BCUT2D eigenvalue weighted by molar-refractivity contribution is -0.134. The van der Waals surface area contributed by atoms with Gasteiger partial charge in [0.1, 0.15) is 11.9 Å². The number of carbonyl (C=O) groups excluding carboxylic acids is 2. The van der Waals surface area contributed by atoms with Gasteiger partial charge in [0.2, 0.25) is 15.9 Å². The molecule has 0 bridgehead atoms. The molecule has 1 aliphatic rings. The van der Waals surface area contributed by atoms with Gasteiger partial charge in [0.25, 0.3) is 0 Å². The standard InChI is InChI=1S/C33H42N6O4S/c1-22-11-13-24(14-12-22)25-8-6-10-28(21-25)44(42,43)38-29(20-23-7-5-9-26(19-23)30(34)35)31(40)39-17-15-27(16-18-39)36-32(41)37-33(2,3)4/h5-14,19,21,27,29,38H,15-18,20H2,1-4H3,(H3,34,35)(H2,36,37,41)/t29-/m0/s1. The highest BCUT2D eigenvalue weighted by atomic mass is 32.2. The van der Waals surface area contributed by atoms with Crippen LogP contribution in [0.2, 0.25) is 0 Å². The molecule has 0 saturated carbocycles. The van der Waals surface area contributed by atoms with Gasteiger partial charge in [-0.05, 0) is 81.8 Å². The van der Waals surface area contributed by atoms with Gasteiger partial charge in [-0.1, -0.05) is 60.2 Å². The van der Waals surface area contributed by atoms with E-state index in [2.05, 4.69) is 15.4 Å². The summed E-state index contributed by atoms with van der Waals surface area (Å²) in [6.45, 7) is 8.43. The van der Waals surface area contributed by atoms with E-state index in [0.29, 0.717) is 37.1 Å². The van der Waals surface area contributed by atoms with Crippen LogP contribution >= 0.6 is 0 Å². The molecule has 234 valence electrons. The molecule has 4 rings (SSSR count). The Morgan fingerprint density at radius 3 is 2.27 bits per heavy atom. The fraction of sp³-hybridized carbons (Fsp3) is 0.364. The summed E-state index contributed by atoms with van der Waals surface area (Å²) in [7, 11) is -4.10. The Labute approximate surface area is 260 Å². The SMILES string of the molecule is Cc1ccc(-c2cccc(S(=O)(=O)N[C@@H](Cc3cccc(C(=N)N)c3)C(=O)N3CCC(NC(=O)NC(C)(C)C)CC3)c2)cc1. The van der Waals surface area contributed by atoms with E-state index in [1.54, 1.807) is 41.3 Å². The average Bonchev–Trinajstić information content (AvgIpc) is 2.96. The van der Waals surface area contributed by atoms with E-state index >= 15 is 0 Å². The van der Waals surface area contributed by atoms with Gasteiger partial charge >= 0.3 is 6.03 Å². The van der Waals surface area contributed by atoms with Crippen molar-refractivity contribution in [2.75, 3.05) is 13.1 Å². The second-order valence-electron chi connectivity index (χ2n) is 12.3. The van der Waals surface area contributed by atoms with Crippen LogP contribution in [-0.2, 0) is 21.2 Å². The highest BCUT2D eigenvalue weighted by Gasteiger charge is 2.32. The van der Waals surface area contributed by atoms with Gasteiger partial charge in [0.15, 0.2) is 0 Å². The fourth-order valence-electron chi connectivity index (χ4n) is 5.15. The van der Waals surface area contributed by atoms with E-state index < -0.39 is 16.1 Å². The molecule has 0 aliphatic carbocycles. The van der Waals surface area contributed by atoms with Crippen molar-refractivity contribution in [1.29, 1.82) is 5.41 Å². The number of likely N-dealkylation sites (tertiary alicyclic amines) is 1. The number of nitrogen functional groups attached to an aromatic ring is 1. The van der Waals surface area contributed by atoms with Crippen molar-refractivity contribution in [3.8, 4) is 11.1 Å². The maximum absolute atomic E-state index is 13.9. The van der Waals surface area contributed by atoms with Crippen LogP contribution < -0.4 is 21.1 Å². The van der Waals surface area contributed by atoms with Crippen LogP contribution in [0.15, 0.2) is 77.7 Å². The minimum atomic E-state index is -4.10. The molecule has 1 saturated heterocycles. The molecular weight excluding hydrogens is 576 g/mol. The van der Waals surface area contributed by atoms with Gasteiger partial charge in [-0.2, -0.15) is 4.72 Å². The molecule has 0 unspecified atom stereocenters. The minimum absolute atomic E-state index is 0.0543. The third-order valence-corrected chi connectivity index (χ3v) is 8.90. The second kappa shape index (κ2) is 13.6. The Morgan fingerprint density at radius 1 is 0.977 bits per heavy atom. The largest absolute Gasteiger partial charge is 0.384 e. The normalized spacial score (nSPS) is 15.0. The third-order valence-electron chi connectivity index (χ3n) is 7.43. The summed E-state index contributed by atoms with van der Waals surface area (Å²) in [5.41, 5.74) is 9.20. The summed E-state index contributed by atoms with van der Waals surface area (Å²) in [5, 5.41) is 13.6. The predicted octanol–water partition coefficient (Wildman–Crippen LogP) is 3.92. The van der Waals surface area contributed by atoms with Crippen LogP contribution in [-0.4, -0.2) is 61.8 Å². The summed E-state index contributed by atoms with van der Waals surface area (Å²) in [4.78, 5) is 27.9. The molecule has 3 aromatic rings. The van der Waals surface area contributed by atoms with Crippen LogP contribution in [0.1, 0.15) is 50.3 Å². The van der Waals surface area contributed by atoms with Gasteiger partial charge in [0.05, 0.1) is 4.90 Å². The monoisotopic (exact) mass is 618 g/mol.